The molecule has 2 heterocycles. The monoisotopic (exact) mass is 268 g/mol. The fourth-order valence-electron chi connectivity index (χ4n) is 2.64. The van der Waals surface area contributed by atoms with E-state index in [2.05, 4.69) is 52.1 Å². The molecule has 0 saturated heterocycles. The summed E-state index contributed by atoms with van der Waals surface area (Å²) in [6, 6.07) is 13.5. The Balaban J connectivity index is 1.64. The largest absolute Gasteiger partial charge is 0.377 e. The first kappa shape index (κ1) is 11.1. The zero-order valence-corrected chi connectivity index (χ0v) is 11.4. The maximum atomic E-state index is 3.72. The lowest BCUT2D eigenvalue weighted by molar-refractivity contribution is 0.691. The Morgan fingerprint density at radius 1 is 1.21 bits per heavy atom. The Morgan fingerprint density at radius 2 is 2.16 bits per heavy atom. The van der Waals surface area contributed by atoms with Crippen LogP contribution in [0.25, 0.3) is 10.9 Å². The lowest BCUT2D eigenvalue weighted by Crippen LogP contribution is -2.11. The van der Waals surface area contributed by atoms with Gasteiger partial charge in [0.15, 0.2) is 0 Å². The van der Waals surface area contributed by atoms with Gasteiger partial charge in [-0.15, -0.1) is 11.3 Å². The molecule has 19 heavy (non-hydrogen) atoms. The molecule has 4 rings (SSSR count). The summed E-state index contributed by atoms with van der Waals surface area (Å²) in [4.78, 5) is 4.69. The summed E-state index contributed by atoms with van der Waals surface area (Å²) in [6.07, 6.45) is 4.69. The van der Waals surface area contributed by atoms with Crippen LogP contribution < -0.4 is 5.32 Å². The molecule has 0 spiro atoms. The first-order valence-electron chi connectivity index (χ1n) is 6.77. The highest BCUT2D eigenvalue weighted by atomic mass is 32.1. The lowest BCUT2D eigenvalue weighted by Gasteiger charge is -2.18. The maximum Gasteiger partial charge on any atom is 0.0634 e. The van der Waals surface area contributed by atoms with Gasteiger partial charge < -0.3 is 10.3 Å². The Labute approximate surface area is 116 Å². The molecular formula is C16H16N2S. The van der Waals surface area contributed by atoms with Gasteiger partial charge in [-0.1, -0.05) is 6.07 Å². The van der Waals surface area contributed by atoms with Gasteiger partial charge in [0.2, 0.25) is 0 Å². The van der Waals surface area contributed by atoms with Crippen molar-refractivity contribution in [2.24, 2.45) is 5.92 Å². The summed E-state index contributed by atoms with van der Waals surface area (Å²) in [7, 11) is 0. The first-order valence-corrected chi connectivity index (χ1v) is 7.65. The van der Waals surface area contributed by atoms with E-state index in [1.54, 1.807) is 0 Å². The van der Waals surface area contributed by atoms with Crippen molar-refractivity contribution in [1.29, 1.82) is 0 Å². The SMILES string of the molecule is c1csc(C(Nc2ccc3[nH]ccc3c2)C2CC2)c1. The minimum Gasteiger partial charge on any atom is -0.377 e. The average molecular weight is 268 g/mol. The smallest absolute Gasteiger partial charge is 0.0634 e. The van der Waals surface area contributed by atoms with Crippen LogP contribution in [-0.4, -0.2) is 4.98 Å². The first-order chi connectivity index (χ1) is 9.40. The molecule has 1 saturated carbocycles. The molecule has 1 aromatic carbocycles. The minimum absolute atomic E-state index is 0.483. The van der Waals surface area contributed by atoms with Crippen molar-refractivity contribution in [2.45, 2.75) is 18.9 Å². The number of aromatic nitrogens is 1. The van der Waals surface area contributed by atoms with Crippen LogP contribution in [0, 0.1) is 5.92 Å². The van der Waals surface area contributed by atoms with E-state index in [0.717, 1.165) is 5.92 Å². The third kappa shape index (κ3) is 2.15. The number of thiophene rings is 1. The van der Waals surface area contributed by atoms with Gasteiger partial charge in [-0.05, 0) is 54.5 Å². The molecule has 1 aliphatic rings. The van der Waals surface area contributed by atoms with Crippen molar-refractivity contribution in [1.82, 2.24) is 4.98 Å². The highest BCUT2D eigenvalue weighted by molar-refractivity contribution is 7.10. The van der Waals surface area contributed by atoms with Crippen molar-refractivity contribution in [2.75, 3.05) is 5.32 Å². The van der Waals surface area contributed by atoms with Crippen LogP contribution in [0.1, 0.15) is 23.8 Å². The number of anilines is 1. The molecule has 0 bridgehead atoms. The molecule has 2 nitrogen and oxygen atoms in total. The van der Waals surface area contributed by atoms with Crippen LogP contribution in [0.15, 0.2) is 48.0 Å². The van der Waals surface area contributed by atoms with Gasteiger partial charge in [-0.2, -0.15) is 0 Å². The molecule has 1 atom stereocenters. The van der Waals surface area contributed by atoms with Gasteiger partial charge in [0.1, 0.15) is 0 Å². The van der Waals surface area contributed by atoms with E-state index in [9.17, 15) is 0 Å². The molecule has 2 N–H and O–H groups in total. The standard InChI is InChI=1S/C16H16N2S/c1-2-15(19-9-1)16(11-3-4-11)18-13-5-6-14-12(10-13)7-8-17-14/h1-2,5-11,16-18H,3-4H2. The fraction of sp³-hybridized carbons (Fsp3) is 0.250. The second-order valence-corrected chi connectivity index (χ2v) is 6.23. The van der Waals surface area contributed by atoms with Crippen LogP contribution in [-0.2, 0) is 0 Å². The van der Waals surface area contributed by atoms with Crippen LogP contribution >= 0.6 is 11.3 Å². The van der Waals surface area contributed by atoms with Crippen LogP contribution in [0.4, 0.5) is 5.69 Å². The van der Waals surface area contributed by atoms with E-state index in [1.807, 2.05) is 17.5 Å². The molecule has 1 fully saturated rings. The van der Waals surface area contributed by atoms with Gasteiger partial charge in [-0.25, -0.2) is 0 Å². The quantitative estimate of drug-likeness (QED) is 0.699. The number of nitrogens with one attached hydrogen (secondary N) is 2. The van der Waals surface area contributed by atoms with E-state index in [0.29, 0.717) is 6.04 Å². The minimum atomic E-state index is 0.483. The summed E-state index contributed by atoms with van der Waals surface area (Å²) < 4.78 is 0. The number of benzene rings is 1. The summed E-state index contributed by atoms with van der Waals surface area (Å²) in [5.41, 5.74) is 2.42. The van der Waals surface area contributed by atoms with Crippen molar-refractivity contribution in [3.63, 3.8) is 0 Å². The fourth-order valence-corrected chi connectivity index (χ4v) is 3.51. The molecule has 1 unspecified atom stereocenters. The van der Waals surface area contributed by atoms with Gasteiger partial charge in [0.25, 0.3) is 0 Å². The molecule has 0 amide bonds. The van der Waals surface area contributed by atoms with E-state index >= 15 is 0 Å². The van der Waals surface area contributed by atoms with E-state index in [-0.39, 0.29) is 0 Å². The zero-order chi connectivity index (χ0) is 12.7. The summed E-state index contributed by atoms with van der Waals surface area (Å²) in [5, 5.41) is 7.16. The van der Waals surface area contributed by atoms with E-state index < -0.39 is 0 Å². The topological polar surface area (TPSA) is 27.8 Å². The second kappa shape index (κ2) is 4.42. The highest BCUT2D eigenvalue weighted by Gasteiger charge is 2.32. The van der Waals surface area contributed by atoms with Crippen LogP contribution in [0.5, 0.6) is 0 Å². The average Bonchev–Trinajstić information content (AvgIpc) is 2.93. The van der Waals surface area contributed by atoms with Crippen molar-refractivity contribution >= 4 is 27.9 Å². The third-order valence-corrected chi connectivity index (χ3v) is 4.77. The number of rotatable bonds is 4. The van der Waals surface area contributed by atoms with Gasteiger partial charge in [-0.3, -0.25) is 0 Å². The highest BCUT2D eigenvalue weighted by Crippen LogP contribution is 2.44. The predicted molar refractivity (Wildman–Crippen MR) is 81.7 cm³/mol. The van der Waals surface area contributed by atoms with Crippen molar-refractivity contribution in [3.05, 3.63) is 52.9 Å². The number of aromatic amines is 1. The van der Waals surface area contributed by atoms with Gasteiger partial charge >= 0.3 is 0 Å². The van der Waals surface area contributed by atoms with Crippen molar-refractivity contribution in [3.8, 4) is 0 Å². The Hall–Kier alpha value is -1.74. The number of fused-ring (bicyclic) bond motifs is 1. The lowest BCUT2D eigenvalue weighted by atomic mass is 10.1. The van der Waals surface area contributed by atoms with E-state index in [1.165, 1.54) is 34.3 Å². The Morgan fingerprint density at radius 3 is 2.95 bits per heavy atom. The van der Waals surface area contributed by atoms with Gasteiger partial charge in [0.05, 0.1) is 6.04 Å². The summed E-state index contributed by atoms with van der Waals surface area (Å²) in [5.74, 6) is 0.806. The number of hydrogen-bond donors (Lipinski definition) is 2. The summed E-state index contributed by atoms with van der Waals surface area (Å²) >= 11 is 1.86. The second-order valence-electron chi connectivity index (χ2n) is 5.25. The summed E-state index contributed by atoms with van der Waals surface area (Å²) in [6.45, 7) is 0. The molecule has 3 aromatic rings. The molecule has 2 aromatic heterocycles. The molecule has 1 aliphatic carbocycles. The normalized spacial score (nSPS) is 16.6. The number of hydrogen-bond acceptors (Lipinski definition) is 2. The zero-order valence-electron chi connectivity index (χ0n) is 10.6. The van der Waals surface area contributed by atoms with Crippen LogP contribution in [0.3, 0.4) is 0 Å². The molecule has 3 heteroatoms. The van der Waals surface area contributed by atoms with Crippen LogP contribution in [0.2, 0.25) is 0 Å². The Bertz CT molecular complexity index is 680. The molecular weight excluding hydrogens is 252 g/mol. The Kier molecular flexibility index (Phi) is 2.59. The molecule has 0 radical (unpaired) electrons. The predicted octanol–water partition coefficient (Wildman–Crippen LogP) is 4.79. The van der Waals surface area contributed by atoms with E-state index in [4.69, 9.17) is 0 Å². The third-order valence-electron chi connectivity index (χ3n) is 3.82. The van der Waals surface area contributed by atoms with Gasteiger partial charge in [0, 0.05) is 27.7 Å². The maximum absolute atomic E-state index is 3.72. The molecule has 96 valence electrons. The number of H-pyrrole nitrogens is 1. The van der Waals surface area contributed by atoms with Crippen molar-refractivity contribution < 1.29 is 0 Å². The molecule has 0 aliphatic heterocycles.